The number of rotatable bonds is 2. The van der Waals surface area contributed by atoms with E-state index in [1.54, 1.807) is 6.92 Å². The molecule has 0 amide bonds. The number of aromatic carboxylic acids is 2. The molecule has 0 radical (unpaired) electrons. The Bertz CT molecular complexity index is 454. The predicted octanol–water partition coefficient (Wildman–Crippen LogP) is 1.97. The molecular formula is C9H8O4S2. The lowest BCUT2D eigenvalue weighted by molar-refractivity contribution is 0.0689. The van der Waals surface area contributed by atoms with Crippen LogP contribution in [0.3, 0.4) is 0 Å². The van der Waals surface area contributed by atoms with Crippen LogP contribution in [0.25, 0.3) is 0 Å². The van der Waals surface area contributed by atoms with Crippen LogP contribution < -0.4 is 0 Å². The molecule has 1 rings (SSSR count). The molecule has 0 saturated carbocycles. The molecule has 4 nitrogen and oxygen atoms in total. The van der Waals surface area contributed by atoms with E-state index in [1.165, 1.54) is 6.07 Å². The molecule has 0 heterocycles. The Morgan fingerprint density at radius 2 is 1.73 bits per heavy atom. The second kappa shape index (κ2) is 4.16. The lowest BCUT2D eigenvalue weighted by Gasteiger charge is -2.10. The van der Waals surface area contributed by atoms with Gasteiger partial charge in [0, 0.05) is 9.79 Å². The molecule has 1 aromatic rings. The molecule has 2 N–H and O–H groups in total. The summed E-state index contributed by atoms with van der Waals surface area (Å²) in [6, 6.07) is 1.29. The normalized spacial score (nSPS) is 10.1. The lowest BCUT2D eigenvalue weighted by atomic mass is 10.0. The zero-order chi connectivity index (χ0) is 11.7. The van der Waals surface area contributed by atoms with Crippen molar-refractivity contribution in [2.24, 2.45) is 0 Å². The van der Waals surface area contributed by atoms with E-state index < -0.39 is 11.9 Å². The maximum atomic E-state index is 10.9. The van der Waals surface area contributed by atoms with Crippen molar-refractivity contribution in [1.82, 2.24) is 0 Å². The van der Waals surface area contributed by atoms with Crippen LogP contribution >= 0.6 is 25.3 Å². The van der Waals surface area contributed by atoms with Crippen molar-refractivity contribution in [3.8, 4) is 0 Å². The van der Waals surface area contributed by atoms with Crippen LogP contribution in [0.4, 0.5) is 0 Å². The summed E-state index contributed by atoms with van der Waals surface area (Å²) in [6.07, 6.45) is 0. The molecule has 0 bridgehead atoms. The summed E-state index contributed by atoms with van der Waals surface area (Å²) in [5, 5.41) is 17.7. The van der Waals surface area contributed by atoms with Gasteiger partial charge < -0.3 is 10.2 Å². The fourth-order valence-electron chi connectivity index (χ4n) is 1.18. The van der Waals surface area contributed by atoms with E-state index in [4.69, 9.17) is 10.2 Å². The highest BCUT2D eigenvalue weighted by molar-refractivity contribution is 7.80. The Labute approximate surface area is 96.7 Å². The van der Waals surface area contributed by atoms with Crippen molar-refractivity contribution in [2.45, 2.75) is 16.7 Å². The van der Waals surface area contributed by atoms with Crippen molar-refractivity contribution in [1.29, 1.82) is 0 Å². The average Bonchev–Trinajstić information content (AvgIpc) is 2.10. The molecule has 80 valence electrons. The molecule has 15 heavy (non-hydrogen) atoms. The summed E-state index contributed by atoms with van der Waals surface area (Å²) >= 11 is 7.92. The van der Waals surface area contributed by atoms with Gasteiger partial charge in [0.2, 0.25) is 0 Å². The molecule has 0 atom stereocenters. The fourth-order valence-corrected chi connectivity index (χ4v) is 1.84. The number of thiol groups is 2. The second-order valence-electron chi connectivity index (χ2n) is 2.90. The minimum absolute atomic E-state index is 0.0506. The smallest absolute Gasteiger partial charge is 0.337 e. The van der Waals surface area contributed by atoms with E-state index in [0.29, 0.717) is 10.5 Å². The summed E-state index contributed by atoms with van der Waals surface area (Å²) in [7, 11) is 0. The van der Waals surface area contributed by atoms with Crippen LogP contribution in [0.15, 0.2) is 15.9 Å². The molecule has 0 unspecified atom stereocenters. The third-order valence-electron chi connectivity index (χ3n) is 1.98. The number of hydrogen-bond donors (Lipinski definition) is 4. The molecule has 0 aromatic heterocycles. The molecule has 0 saturated heterocycles. The molecular weight excluding hydrogens is 236 g/mol. The summed E-state index contributed by atoms with van der Waals surface area (Å²) in [6.45, 7) is 1.55. The van der Waals surface area contributed by atoms with Crippen molar-refractivity contribution in [2.75, 3.05) is 0 Å². The zero-order valence-corrected chi connectivity index (χ0v) is 9.47. The summed E-state index contributed by atoms with van der Waals surface area (Å²) in [4.78, 5) is 21.9. The first-order valence-electron chi connectivity index (χ1n) is 3.88. The van der Waals surface area contributed by atoms with Gasteiger partial charge in [-0.1, -0.05) is 0 Å². The Morgan fingerprint density at radius 1 is 1.20 bits per heavy atom. The Balaban J connectivity index is 3.63. The average molecular weight is 244 g/mol. The standard InChI is InChI=1S/C9H8O4S2/c1-3-5(14)2-4(8(10)11)7(15)6(3)9(12)13/h2,14-15H,1H3,(H,10,11)(H,12,13). The summed E-state index contributed by atoms with van der Waals surface area (Å²) in [5.74, 6) is -2.44. The van der Waals surface area contributed by atoms with E-state index >= 15 is 0 Å². The molecule has 1 aromatic carbocycles. The van der Waals surface area contributed by atoms with Gasteiger partial charge in [-0.25, -0.2) is 9.59 Å². The van der Waals surface area contributed by atoms with E-state index in [2.05, 4.69) is 25.3 Å². The number of carboxylic acids is 2. The van der Waals surface area contributed by atoms with Crippen molar-refractivity contribution < 1.29 is 19.8 Å². The first-order valence-corrected chi connectivity index (χ1v) is 4.77. The van der Waals surface area contributed by atoms with Crippen LogP contribution in [-0.2, 0) is 0 Å². The van der Waals surface area contributed by atoms with Gasteiger partial charge in [0.1, 0.15) is 0 Å². The molecule has 0 spiro atoms. The zero-order valence-electron chi connectivity index (χ0n) is 7.68. The SMILES string of the molecule is Cc1c(S)cc(C(=O)O)c(S)c1C(=O)O. The molecule has 0 aliphatic heterocycles. The van der Waals surface area contributed by atoms with Crippen molar-refractivity contribution >= 4 is 37.2 Å². The third-order valence-corrected chi connectivity index (χ3v) is 2.91. The quantitative estimate of drug-likeness (QED) is 0.600. The monoisotopic (exact) mass is 244 g/mol. The number of carbonyl (C=O) groups is 2. The minimum Gasteiger partial charge on any atom is -0.478 e. The van der Waals surface area contributed by atoms with Gasteiger partial charge in [0.05, 0.1) is 11.1 Å². The maximum absolute atomic E-state index is 10.9. The highest BCUT2D eigenvalue weighted by Crippen LogP contribution is 2.28. The first kappa shape index (κ1) is 11.9. The van der Waals surface area contributed by atoms with Crippen molar-refractivity contribution in [3.05, 3.63) is 22.8 Å². The van der Waals surface area contributed by atoms with Crippen LogP contribution in [0.1, 0.15) is 26.3 Å². The summed E-state index contributed by atoms with van der Waals surface area (Å²) in [5.41, 5.74) is 0.121. The predicted molar refractivity (Wildman–Crippen MR) is 59.6 cm³/mol. The second-order valence-corrected chi connectivity index (χ2v) is 3.83. The largest absolute Gasteiger partial charge is 0.478 e. The van der Waals surface area contributed by atoms with Gasteiger partial charge >= 0.3 is 11.9 Å². The maximum Gasteiger partial charge on any atom is 0.337 e. The first-order chi connectivity index (χ1) is 6.86. The highest BCUT2D eigenvalue weighted by atomic mass is 32.1. The van der Waals surface area contributed by atoms with Gasteiger partial charge in [0.25, 0.3) is 0 Å². The Kier molecular flexibility index (Phi) is 3.31. The molecule has 0 aliphatic rings. The third kappa shape index (κ3) is 2.10. The van der Waals surface area contributed by atoms with E-state index in [0.717, 1.165) is 0 Å². The van der Waals surface area contributed by atoms with E-state index in [-0.39, 0.29) is 16.0 Å². The number of hydrogen-bond acceptors (Lipinski definition) is 4. The fraction of sp³-hybridized carbons (Fsp3) is 0.111. The number of carboxylic acid groups (broad SMARTS) is 2. The van der Waals surface area contributed by atoms with Crippen LogP contribution in [-0.4, -0.2) is 22.2 Å². The van der Waals surface area contributed by atoms with Gasteiger partial charge in [-0.3, -0.25) is 0 Å². The van der Waals surface area contributed by atoms with Gasteiger partial charge in [0.15, 0.2) is 0 Å². The number of benzene rings is 1. The summed E-state index contributed by atoms with van der Waals surface area (Å²) < 4.78 is 0. The molecule has 0 fully saturated rings. The lowest BCUT2D eigenvalue weighted by Crippen LogP contribution is -2.08. The topological polar surface area (TPSA) is 74.6 Å². The Morgan fingerprint density at radius 3 is 2.13 bits per heavy atom. The van der Waals surface area contributed by atoms with Gasteiger partial charge in [-0.05, 0) is 18.6 Å². The van der Waals surface area contributed by atoms with Crippen LogP contribution in [0.5, 0.6) is 0 Å². The van der Waals surface area contributed by atoms with Crippen LogP contribution in [0.2, 0.25) is 0 Å². The van der Waals surface area contributed by atoms with E-state index in [9.17, 15) is 9.59 Å². The molecule has 0 aliphatic carbocycles. The molecule has 6 heteroatoms. The highest BCUT2D eigenvalue weighted by Gasteiger charge is 2.20. The van der Waals surface area contributed by atoms with Gasteiger partial charge in [-0.2, -0.15) is 0 Å². The van der Waals surface area contributed by atoms with Crippen molar-refractivity contribution in [3.63, 3.8) is 0 Å². The van der Waals surface area contributed by atoms with Crippen LogP contribution in [0, 0.1) is 6.92 Å². The Hall–Kier alpha value is -1.14. The minimum atomic E-state index is -1.22. The van der Waals surface area contributed by atoms with E-state index in [1.807, 2.05) is 0 Å². The van der Waals surface area contributed by atoms with Gasteiger partial charge in [-0.15, -0.1) is 25.3 Å².